The van der Waals surface area contributed by atoms with Crippen molar-refractivity contribution in [2.24, 2.45) is 0 Å². The highest BCUT2D eigenvalue weighted by atomic mass is 35.5. The zero-order valence-electron chi connectivity index (χ0n) is 15.3. The molecular formula is C21H16ClN3O4. The largest absolute Gasteiger partial charge is 0.457 e. The Morgan fingerprint density at radius 1 is 1.10 bits per heavy atom. The van der Waals surface area contributed by atoms with Crippen LogP contribution in [0.4, 0.5) is 0 Å². The third-order valence-electron chi connectivity index (χ3n) is 4.25. The Labute approximate surface area is 171 Å². The van der Waals surface area contributed by atoms with Crippen LogP contribution in [0.5, 0.6) is 0 Å². The fraction of sp³-hybridized carbons (Fsp3) is 0.190. The second-order valence-electron chi connectivity index (χ2n) is 6.19. The topological polar surface area (TPSA) is 102 Å². The molecular weight excluding hydrogens is 394 g/mol. The van der Waals surface area contributed by atoms with Gasteiger partial charge in [-0.2, -0.15) is 5.26 Å². The first-order valence-corrected chi connectivity index (χ1v) is 9.17. The molecule has 1 aromatic heterocycles. The number of hydrogen-bond acceptors (Lipinski definition) is 6. The van der Waals surface area contributed by atoms with Gasteiger partial charge in [0.1, 0.15) is 13.2 Å². The van der Waals surface area contributed by atoms with Crippen molar-refractivity contribution < 1.29 is 14.3 Å². The summed E-state index contributed by atoms with van der Waals surface area (Å²) in [7, 11) is 0. The Morgan fingerprint density at radius 2 is 1.83 bits per heavy atom. The van der Waals surface area contributed by atoms with E-state index in [1.54, 1.807) is 48.5 Å². The second kappa shape index (κ2) is 9.13. The van der Waals surface area contributed by atoms with E-state index in [1.165, 1.54) is 4.57 Å². The van der Waals surface area contributed by atoms with Gasteiger partial charge in [0, 0.05) is 17.0 Å². The maximum Gasteiger partial charge on any atom is 0.306 e. The molecule has 146 valence electrons. The zero-order valence-corrected chi connectivity index (χ0v) is 16.1. The summed E-state index contributed by atoms with van der Waals surface area (Å²) >= 11 is 5.79. The number of rotatable bonds is 7. The van der Waals surface area contributed by atoms with E-state index < -0.39 is 5.97 Å². The molecule has 7 nitrogen and oxygen atoms in total. The molecule has 3 aromatic rings. The third kappa shape index (κ3) is 4.86. The van der Waals surface area contributed by atoms with Gasteiger partial charge in [-0.3, -0.25) is 19.0 Å². The van der Waals surface area contributed by atoms with Crippen molar-refractivity contribution in [3.63, 3.8) is 0 Å². The summed E-state index contributed by atoms with van der Waals surface area (Å²) in [5, 5.41) is 9.90. The molecule has 0 fully saturated rings. The second-order valence-corrected chi connectivity index (χ2v) is 6.62. The Kier molecular flexibility index (Phi) is 6.37. The van der Waals surface area contributed by atoms with Gasteiger partial charge >= 0.3 is 5.97 Å². The molecule has 8 heteroatoms. The van der Waals surface area contributed by atoms with Gasteiger partial charge in [0.05, 0.1) is 23.4 Å². The summed E-state index contributed by atoms with van der Waals surface area (Å²) in [5.41, 5.74) is 0.540. The molecule has 3 rings (SSSR count). The lowest BCUT2D eigenvalue weighted by atomic mass is 10.1. The zero-order chi connectivity index (χ0) is 20.8. The summed E-state index contributed by atoms with van der Waals surface area (Å²) in [6.45, 7) is -0.478. The molecule has 0 radical (unpaired) electrons. The van der Waals surface area contributed by atoms with E-state index in [0.29, 0.717) is 21.5 Å². The molecule has 0 amide bonds. The van der Waals surface area contributed by atoms with Crippen molar-refractivity contribution in [2.75, 3.05) is 0 Å². The first-order valence-electron chi connectivity index (χ1n) is 8.79. The number of para-hydroxylation sites is 1. The highest BCUT2D eigenvalue weighted by Crippen LogP contribution is 2.13. The van der Waals surface area contributed by atoms with E-state index in [9.17, 15) is 14.4 Å². The molecule has 29 heavy (non-hydrogen) atoms. The third-order valence-corrected chi connectivity index (χ3v) is 4.51. The first-order chi connectivity index (χ1) is 14.0. The standard InChI is InChI=1S/C21H16ClN3O4/c22-15-7-5-14(6-8-15)18(26)9-10-20(27)29-13-19-24-17-4-2-1-3-16(17)21(28)25(19)12-11-23/h1-8H,9-10,12-13H2. The minimum absolute atomic E-state index is 0.0172. The van der Waals surface area contributed by atoms with E-state index in [0.717, 1.165) is 0 Å². The van der Waals surface area contributed by atoms with Crippen molar-refractivity contribution in [3.8, 4) is 6.07 Å². The Balaban J connectivity index is 1.66. The van der Waals surface area contributed by atoms with Gasteiger partial charge in [0.25, 0.3) is 5.56 Å². The van der Waals surface area contributed by atoms with Crippen LogP contribution in [0.2, 0.25) is 5.02 Å². The molecule has 0 bridgehead atoms. The van der Waals surface area contributed by atoms with Crippen LogP contribution in [-0.2, 0) is 22.7 Å². The van der Waals surface area contributed by atoms with Gasteiger partial charge in [-0.25, -0.2) is 4.98 Å². The Morgan fingerprint density at radius 3 is 2.55 bits per heavy atom. The normalized spacial score (nSPS) is 10.5. The molecule has 0 atom stereocenters. The number of aromatic nitrogens is 2. The number of esters is 1. The number of carbonyl (C=O) groups is 2. The molecule has 0 saturated carbocycles. The smallest absolute Gasteiger partial charge is 0.306 e. The van der Waals surface area contributed by atoms with Crippen LogP contribution in [0.25, 0.3) is 10.9 Å². The number of nitriles is 1. The number of Topliss-reactive ketones (excluding diaryl/α,β-unsaturated/α-hetero) is 1. The molecule has 0 aliphatic carbocycles. The minimum atomic E-state index is -0.599. The lowest BCUT2D eigenvalue weighted by Gasteiger charge is -2.11. The van der Waals surface area contributed by atoms with Gasteiger partial charge in [-0.1, -0.05) is 23.7 Å². The maximum absolute atomic E-state index is 12.6. The number of halogens is 1. The number of ether oxygens (including phenoxy) is 1. The van der Waals surface area contributed by atoms with Crippen molar-refractivity contribution >= 4 is 34.3 Å². The van der Waals surface area contributed by atoms with Gasteiger partial charge in [-0.05, 0) is 36.4 Å². The maximum atomic E-state index is 12.6. The number of ketones is 1. The SMILES string of the molecule is N#CCn1c(COC(=O)CCC(=O)c2ccc(Cl)cc2)nc2ccccc2c1=O. The molecule has 0 unspecified atom stereocenters. The van der Waals surface area contributed by atoms with Crippen LogP contribution in [0.15, 0.2) is 53.3 Å². The predicted molar refractivity (Wildman–Crippen MR) is 106 cm³/mol. The van der Waals surface area contributed by atoms with Crippen molar-refractivity contribution in [2.45, 2.75) is 26.0 Å². The monoisotopic (exact) mass is 409 g/mol. The van der Waals surface area contributed by atoms with Gasteiger partial charge in [0.2, 0.25) is 0 Å². The van der Waals surface area contributed by atoms with Crippen molar-refractivity contribution in [1.82, 2.24) is 9.55 Å². The molecule has 0 spiro atoms. The van der Waals surface area contributed by atoms with Crippen LogP contribution in [0, 0.1) is 11.3 Å². The summed E-state index contributed by atoms with van der Waals surface area (Å²) in [5.74, 6) is -0.630. The fourth-order valence-corrected chi connectivity index (χ4v) is 2.90. The van der Waals surface area contributed by atoms with E-state index in [-0.39, 0.29) is 43.2 Å². The Hall–Kier alpha value is -3.50. The van der Waals surface area contributed by atoms with E-state index in [4.69, 9.17) is 21.6 Å². The fourth-order valence-electron chi connectivity index (χ4n) is 2.77. The number of hydrogen-bond donors (Lipinski definition) is 0. The van der Waals surface area contributed by atoms with Crippen LogP contribution >= 0.6 is 11.6 Å². The van der Waals surface area contributed by atoms with E-state index in [1.807, 2.05) is 6.07 Å². The molecule has 1 heterocycles. The summed E-state index contributed by atoms with van der Waals surface area (Å²) in [6.07, 6.45) is -0.131. The highest BCUT2D eigenvalue weighted by molar-refractivity contribution is 6.30. The summed E-state index contributed by atoms with van der Waals surface area (Å²) < 4.78 is 6.36. The average molecular weight is 410 g/mol. The molecule has 0 aliphatic rings. The Bertz CT molecular complexity index is 1160. The molecule has 2 aromatic carbocycles. The predicted octanol–water partition coefficient (Wildman–Crippen LogP) is 3.28. The van der Waals surface area contributed by atoms with E-state index >= 15 is 0 Å². The molecule has 0 aliphatic heterocycles. The molecule has 0 N–H and O–H groups in total. The van der Waals surface area contributed by atoms with E-state index in [2.05, 4.69) is 4.98 Å². The van der Waals surface area contributed by atoms with Crippen molar-refractivity contribution in [1.29, 1.82) is 5.26 Å². The van der Waals surface area contributed by atoms with Gasteiger partial charge in [-0.15, -0.1) is 0 Å². The summed E-state index contributed by atoms with van der Waals surface area (Å²) in [6, 6.07) is 15.0. The van der Waals surface area contributed by atoms with Gasteiger partial charge in [0.15, 0.2) is 11.6 Å². The molecule has 0 saturated heterocycles. The number of nitrogens with zero attached hydrogens (tertiary/aromatic N) is 3. The minimum Gasteiger partial charge on any atom is -0.457 e. The van der Waals surface area contributed by atoms with Crippen LogP contribution < -0.4 is 5.56 Å². The summed E-state index contributed by atoms with van der Waals surface area (Å²) in [4.78, 5) is 41.1. The first kappa shape index (κ1) is 20.2. The highest BCUT2D eigenvalue weighted by Gasteiger charge is 2.14. The lowest BCUT2D eigenvalue weighted by Crippen LogP contribution is -2.26. The number of carbonyl (C=O) groups excluding carboxylic acids is 2. The lowest BCUT2D eigenvalue weighted by molar-refractivity contribution is -0.145. The number of fused-ring (bicyclic) bond motifs is 1. The van der Waals surface area contributed by atoms with Gasteiger partial charge < -0.3 is 4.74 Å². The van der Waals surface area contributed by atoms with Crippen LogP contribution in [0.3, 0.4) is 0 Å². The van der Waals surface area contributed by atoms with Crippen LogP contribution in [0.1, 0.15) is 29.0 Å². The van der Waals surface area contributed by atoms with Crippen molar-refractivity contribution in [3.05, 3.63) is 75.3 Å². The average Bonchev–Trinajstić information content (AvgIpc) is 2.73. The van der Waals surface area contributed by atoms with Crippen LogP contribution in [-0.4, -0.2) is 21.3 Å². The number of benzene rings is 2. The quantitative estimate of drug-likeness (QED) is 0.438.